The van der Waals surface area contributed by atoms with Crippen molar-refractivity contribution in [1.82, 2.24) is 10.3 Å². The fourth-order valence-electron chi connectivity index (χ4n) is 1.68. The molecule has 2 aromatic rings. The molecule has 0 unspecified atom stereocenters. The minimum atomic E-state index is 0.228. The van der Waals surface area contributed by atoms with Crippen molar-refractivity contribution in [1.29, 1.82) is 0 Å². The van der Waals surface area contributed by atoms with Crippen molar-refractivity contribution < 1.29 is 0 Å². The number of nitrogens with zero attached hydrogens (tertiary/aromatic N) is 1. The van der Waals surface area contributed by atoms with Crippen molar-refractivity contribution in [2.75, 3.05) is 0 Å². The average Bonchev–Trinajstić information content (AvgIpc) is 2.73. The number of aromatic nitrogens is 1. The highest BCUT2D eigenvalue weighted by atomic mass is 35.5. The SMILES string of the molecule is Cc1nc(CN[C@H](C)c2ccccc2Cl)cs1. The van der Waals surface area contributed by atoms with Crippen LogP contribution < -0.4 is 5.32 Å². The molecule has 17 heavy (non-hydrogen) atoms. The Labute approximate surface area is 111 Å². The first-order valence-electron chi connectivity index (χ1n) is 5.55. The third kappa shape index (κ3) is 3.28. The Morgan fingerprint density at radius 3 is 2.82 bits per heavy atom. The molecule has 90 valence electrons. The summed E-state index contributed by atoms with van der Waals surface area (Å²) in [6, 6.07) is 8.15. The van der Waals surface area contributed by atoms with Crippen LogP contribution in [-0.4, -0.2) is 4.98 Å². The number of nitrogens with one attached hydrogen (secondary N) is 1. The van der Waals surface area contributed by atoms with Crippen LogP contribution in [0.4, 0.5) is 0 Å². The van der Waals surface area contributed by atoms with E-state index in [9.17, 15) is 0 Å². The Morgan fingerprint density at radius 2 is 2.18 bits per heavy atom. The first-order chi connectivity index (χ1) is 8.16. The van der Waals surface area contributed by atoms with Gasteiger partial charge in [-0.15, -0.1) is 11.3 Å². The third-order valence-electron chi connectivity index (χ3n) is 2.63. The predicted octanol–water partition coefficient (Wildman–Crippen LogP) is 3.96. The summed E-state index contributed by atoms with van der Waals surface area (Å²) in [6.07, 6.45) is 0. The first-order valence-corrected chi connectivity index (χ1v) is 6.81. The van der Waals surface area contributed by atoms with Gasteiger partial charge in [0.25, 0.3) is 0 Å². The molecular formula is C13H15ClN2S. The van der Waals surface area contributed by atoms with Gasteiger partial charge in [-0.05, 0) is 25.5 Å². The maximum atomic E-state index is 6.15. The molecule has 1 atom stereocenters. The van der Waals surface area contributed by atoms with Gasteiger partial charge >= 0.3 is 0 Å². The highest BCUT2D eigenvalue weighted by Gasteiger charge is 2.08. The molecule has 0 aliphatic rings. The lowest BCUT2D eigenvalue weighted by atomic mass is 10.1. The number of halogens is 1. The molecule has 0 amide bonds. The predicted molar refractivity (Wildman–Crippen MR) is 73.6 cm³/mol. The van der Waals surface area contributed by atoms with E-state index in [1.54, 1.807) is 11.3 Å². The number of benzene rings is 1. The Morgan fingerprint density at radius 1 is 1.41 bits per heavy atom. The van der Waals surface area contributed by atoms with Gasteiger partial charge in [0.15, 0.2) is 0 Å². The van der Waals surface area contributed by atoms with E-state index in [0.29, 0.717) is 0 Å². The van der Waals surface area contributed by atoms with Crippen molar-refractivity contribution in [2.24, 2.45) is 0 Å². The minimum absolute atomic E-state index is 0.228. The van der Waals surface area contributed by atoms with Gasteiger partial charge < -0.3 is 5.32 Å². The van der Waals surface area contributed by atoms with E-state index in [1.807, 2.05) is 31.2 Å². The largest absolute Gasteiger partial charge is 0.304 e. The molecule has 0 aliphatic carbocycles. The van der Waals surface area contributed by atoms with Crippen LogP contribution in [0.2, 0.25) is 5.02 Å². The molecule has 0 spiro atoms. The quantitative estimate of drug-likeness (QED) is 0.906. The summed E-state index contributed by atoms with van der Waals surface area (Å²) in [6.45, 7) is 4.91. The summed E-state index contributed by atoms with van der Waals surface area (Å²) in [7, 11) is 0. The van der Waals surface area contributed by atoms with E-state index in [4.69, 9.17) is 11.6 Å². The fourth-order valence-corrected chi connectivity index (χ4v) is 2.60. The number of hydrogen-bond acceptors (Lipinski definition) is 3. The molecule has 2 nitrogen and oxygen atoms in total. The van der Waals surface area contributed by atoms with Gasteiger partial charge in [0, 0.05) is 23.0 Å². The third-order valence-corrected chi connectivity index (χ3v) is 3.79. The molecule has 1 aromatic carbocycles. The van der Waals surface area contributed by atoms with Crippen LogP contribution >= 0.6 is 22.9 Å². The molecule has 0 saturated heterocycles. The summed E-state index contributed by atoms with van der Waals surface area (Å²) >= 11 is 7.83. The summed E-state index contributed by atoms with van der Waals surface area (Å²) < 4.78 is 0. The van der Waals surface area contributed by atoms with E-state index in [1.165, 1.54) is 0 Å². The van der Waals surface area contributed by atoms with Crippen LogP contribution in [0, 0.1) is 6.92 Å². The van der Waals surface area contributed by atoms with E-state index in [2.05, 4.69) is 22.6 Å². The van der Waals surface area contributed by atoms with Crippen molar-refractivity contribution in [3.05, 3.63) is 50.9 Å². The van der Waals surface area contributed by atoms with Crippen molar-refractivity contribution in [3.8, 4) is 0 Å². The normalized spacial score (nSPS) is 12.6. The summed E-state index contributed by atoms with van der Waals surface area (Å²) in [5, 5.41) is 7.43. The standard InChI is InChI=1S/C13H15ClN2S/c1-9(12-5-3-4-6-13(12)14)15-7-11-8-17-10(2)16-11/h3-6,8-9,15H,7H2,1-2H3/t9-/m1/s1. The van der Waals surface area contributed by atoms with E-state index in [-0.39, 0.29) is 6.04 Å². The topological polar surface area (TPSA) is 24.9 Å². The van der Waals surface area contributed by atoms with Crippen molar-refractivity contribution >= 4 is 22.9 Å². The molecule has 2 rings (SSSR count). The smallest absolute Gasteiger partial charge is 0.0897 e. The van der Waals surface area contributed by atoms with Gasteiger partial charge in [0.1, 0.15) is 0 Å². The molecule has 0 fully saturated rings. The van der Waals surface area contributed by atoms with Crippen LogP contribution in [0.5, 0.6) is 0 Å². The van der Waals surface area contributed by atoms with Crippen LogP contribution in [0.25, 0.3) is 0 Å². The van der Waals surface area contributed by atoms with Crippen molar-refractivity contribution in [2.45, 2.75) is 26.4 Å². The van der Waals surface area contributed by atoms with Crippen LogP contribution in [0.3, 0.4) is 0 Å². The van der Waals surface area contributed by atoms with E-state index >= 15 is 0 Å². The summed E-state index contributed by atoms with van der Waals surface area (Å²) in [5.41, 5.74) is 2.22. The van der Waals surface area contributed by atoms with Gasteiger partial charge in [-0.3, -0.25) is 0 Å². The zero-order chi connectivity index (χ0) is 12.3. The molecule has 0 aliphatic heterocycles. The molecule has 4 heteroatoms. The monoisotopic (exact) mass is 266 g/mol. The maximum absolute atomic E-state index is 6.15. The second-order valence-electron chi connectivity index (χ2n) is 3.98. The number of thiazole rings is 1. The molecule has 0 saturated carbocycles. The van der Waals surface area contributed by atoms with E-state index < -0.39 is 0 Å². The molecular weight excluding hydrogens is 252 g/mol. The van der Waals surface area contributed by atoms with Crippen LogP contribution in [-0.2, 0) is 6.54 Å². The lowest BCUT2D eigenvalue weighted by molar-refractivity contribution is 0.569. The Balaban J connectivity index is 1.98. The first kappa shape index (κ1) is 12.6. The molecule has 0 radical (unpaired) electrons. The minimum Gasteiger partial charge on any atom is -0.304 e. The summed E-state index contributed by atoms with van der Waals surface area (Å²) in [5.74, 6) is 0. The van der Waals surface area contributed by atoms with Gasteiger partial charge in [-0.25, -0.2) is 4.98 Å². The second kappa shape index (κ2) is 5.63. The summed E-state index contributed by atoms with van der Waals surface area (Å²) in [4.78, 5) is 4.42. The second-order valence-corrected chi connectivity index (χ2v) is 5.45. The number of hydrogen-bond donors (Lipinski definition) is 1. The fraction of sp³-hybridized carbons (Fsp3) is 0.308. The van der Waals surface area contributed by atoms with Crippen molar-refractivity contribution in [3.63, 3.8) is 0 Å². The van der Waals surface area contributed by atoms with Gasteiger partial charge in [-0.1, -0.05) is 29.8 Å². The lowest BCUT2D eigenvalue weighted by Crippen LogP contribution is -2.18. The Bertz CT molecular complexity index is 496. The molecule has 1 heterocycles. The maximum Gasteiger partial charge on any atom is 0.0897 e. The molecule has 1 aromatic heterocycles. The average molecular weight is 267 g/mol. The molecule has 0 bridgehead atoms. The number of aryl methyl sites for hydroxylation is 1. The molecule has 1 N–H and O–H groups in total. The number of rotatable bonds is 4. The highest BCUT2D eigenvalue weighted by molar-refractivity contribution is 7.09. The Hall–Kier alpha value is -0.900. The van der Waals surface area contributed by atoms with Gasteiger partial charge in [-0.2, -0.15) is 0 Å². The van der Waals surface area contributed by atoms with E-state index in [0.717, 1.165) is 27.8 Å². The van der Waals surface area contributed by atoms with Gasteiger partial charge in [0.2, 0.25) is 0 Å². The zero-order valence-electron chi connectivity index (χ0n) is 9.90. The van der Waals surface area contributed by atoms with Crippen LogP contribution in [0.15, 0.2) is 29.6 Å². The highest BCUT2D eigenvalue weighted by Crippen LogP contribution is 2.22. The van der Waals surface area contributed by atoms with Gasteiger partial charge in [0.05, 0.1) is 10.7 Å². The zero-order valence-corrected chi connectivity index (χ0v) is 11.5. The Kier molecular flexibility index (Phi) is 4.15. The lowest BCUT2D eigenvalue weighted by Gasteiger charge is -2.14. The van der Waals surface area contributed by atoms with Crippen LogP contribution in [0.1, 0.15) is 29.2 Å².